The molecule has 0 aliphatic carbocycles. The monoisotopic (exact) mass is 275 g/mol. The van der Waals surface area contributed by atoms with Gasteiger partial charge in [-0.2, -0.15) is 0 Å². The van der Waals surface area contributed by atoms with Gasteiger partial charge in [0, 0.05) is 3.57 Å². The fourth-order valence-corrected chi connectivity index (χ4v) is 1.15. The Morgan fingerprint density at radius 3 is 2.67 bits per heavy atom. The average Bonchev–Trinajstić information content (AvgIpc) is 2.08. The van der Waals surface area contributed by atoms with Crippen LogP contribution in [0.25, 0.3) is 0 Å². The molecule has 0 radical (unpaired) electrons. The minimum Gasteiger partial charge on any atom is -0.0827 e. The summed E-state index contributed by atoms with van der Waals surface area (Å²) in [5.74, 6) is 0. The van der Waals surface area contributed by atoms with Gasteiger partial charge in [-0.05, 0) is 40.7 Å². The molecule has 0 aliphatic rings. The highest BCUT2D eigenvalue weighted by atomic mass is 127. The molecule has 0 atom stereocenters. The first-order chi connectivity index (χ1) is 5.46. The Balaban J connectivity index is 3.60. The number of hydrogen-bond donors (Lipinski definition) is 0. The lowest BCUT2D eigenvalue weighted by atomic mass is 10.4. The van der Waals surface area contributed by atoms with Crippen molar-refractivity contribution >= 4 is 45.8 Å². The lowest BCUT2D eigenvalue weighted by molar-refractivity contribution is 1.65. The molecular weight excluding hydrogens is 270 g/mol. The molecule has 0 fully saturated rings. The summed E-state index contributed by atoms with van der Waals surface area (Å²) in [5.41, 5.74) is 0. The second kappa shape index (κ2) is 3.08. The zero-order valence-electron chi connectivity index (χ0n) is 7.13. The van der Waals surface area contributed by atoms with Crippen molar-refractivity contribution in [2.45, 2.75) is 0 Å². The van der Waals surface area contributed by atoms with Crippen LogP contribution in [0.4, 0.5) is 0 Å². The van der Waals surface area contributed by atoms with E-state index < -0.39 is 0 Å². The smallest absolute Gasteiger partial charge is 0.0650 e. The van der Waals surface area contributed by atoms with E-state index in [4.69, 9.17) is 27.3 Å². The molecule has 1 aromatic carbocycles. The van der Waals surface area contributed by atoms with Crippen molar-refractivity contribution in [2.75, 3.05) is 0 Å². The van der Waals surface area contributed by atoms with Crippen LogP contribution >= 0.6 is 45.8 Å². The third-order valence-corrected chi connectivity index (χ3v) is 1.90. The molecule has 48 valence electrons. The van der Waals surface area contributed by atoms with E-state index >= 15 is 0 Å². The summed E-state index contributed by atoms with van der Waals surface area (Å²) in [5, 5.41) is 0.0224. The van der Waals surface area contributed by atoms with Gasteiger partial charge >= 0.3 is 0 Å². The molecule has 0 N–H and O–H groups in total. The Hall–Kier alpha value is 0.530. The van der Waals surface area contributed by atoms with Crippen molar-refractivity contribution in [1.29, 1.82) is 0 Å². The van der Waals surface area contributed by atoms with Crippen molar-refractivity contribution in [3.05, 3.63) is 31.7 Å². The van der Waals surface area contributed by atoms with E-state index in [0.717, 1.165) is 0 Å². The van der Waals surface area contributed by atoms with Crippen LogP contribution in [0.2, 0.25) is 10.0 Å². The normalized spacial score (nSPS) is 14.3. The third kappa shape index (κ3) is 1.99. The van der Waals surface area contributed by atoms with Crippen LogP contribution in [0.1, 0.15) is 4.11 Å². The van der Waals surface area contributed by atoms with E-state index in [0.29, 0.717) is 3.57 Å². The van der Waals surface area contributed by atoms with E-state index in [1.165, 1.54) is 0 Å². The van der Waals surface area contributed by atoms with E-state index in [1.807, 2.05) is 0 Å². The first-order valence-corrected chi connectivity index (χ1v) is 3.90. The van der Waals surface area contributed by atoms with Gasteiger partial charge in [0.25, 0.3) is 0 Å². The van der Waals surface area contributed by atoms with Gasteiger partial charge in [0.05, 0.1) is 14.2 Å². The molecule has 1 aromatic rings. The molecule has 0 nitrogen and oxygen atoms in total. The van der Waals surface area contributed by atoms with Crippen LogP contribution < -0.4 is 0 Å². The second-order valence-electron chi connectivity index (χ2n) is 1.32. The standard InChI is InChI=1S/C6H3Cl2I/c7-5-2-1-4(9)3-6(5)8/h1-3H/i1D,2D,3D. The molecular formula is C6H3Cl2I. The molecule has 0 saturated carbocycles. The molecule has 0 amide bonds. The van der Waals surface area contributed by atoms with Crippen molar-refractivity contribution in [3.63, 3.8) is 0 Å². The second-order valence-corrected chi connectivity index (χ2v) is 3.15. The van der Waals surface area contributed by atoms with Crippen LogP contribution in [0, 0.1) is 3.57 Å². The molecule has 0 aliphatic heterocycles. The van der Waals surface area contributed by atoms with Crippen LogP contribution in [0.3, 0.4) is 0 Å². The maximum absolute atomic E-state index is 7.40. The fourth-order valence-electron chi connectivity index (χ4n) is 0.347. The predicted octanol–water partition coefficient (Wildman–Crippen LogP) is 3.60. The zero-order chi connectivity index (χ0) is 9.46. The first kappa shape index (κ1) is 4.42. The van der Waals surface area contributed by atoms with Crippen LogP contribution in [-0.4, -0.2) is 0 Å². The average molecular weight is 276 g/mol. The van der Waals surface area contributed by atoms with Crippen LogP contribution in [0.5, 0.6) is 0 Å². The summed E-state index contributed by atoms with van der Waals surface area (Å²) in [4.78, 5) is 0. The molecule has 0 heterocycles. The first-order valence-electron chi connectivity index (χ1n) is 3.57. The Morgan fingerprint density at radius 2 is 2.00 bits per heavy atom. The summed E-state index contributed by atoms with van der Waals surface area (Å²) in [6, 6.07) is -0.152. The molecule has 1 rings (SSSR count). The van der Waals surface area contributed by atoms with Crippen molar-refractivity contribution < 1.29 is 4.11 Å². The highest BCUT2D eigenvalue weighted by Gasteiger charge is 1.94. The van der Waals surface area contributed by atoms with Gasteiger partial charge in [-0.1, -0.05) is 23.2 Å². The molecule has 0 aromatic heterocycles. The Kier molecular flexibility index (Phi) is 1.51. The largest absolute Gasteiger partial charge is 0.0827 e. The minimum atomic E-state index is -0.123. The number of hydrogen-bond acceptors (Lipinski definition) is 0. The highest BCUT2D eigenvalue weighted by Crippen LogP contribution is 2.22. The topological polar surface area (TPSA) is 0 Å². The van der Waals surface area contributed by atoms with E-state index in [-0.39, 0.29) is 28.2 Å². The van der Waals surface area contributed by atoms with Crippen molar-refractivity contribution in [1.82, 2.24) is 0 Å². The minimum absolute atomic E-state index is 0.0169. The number of rotatable bonds is 0. The van der Waals surface area contributed by atoms with Gasteiger partial charge < -0.3 is 0 Å². The lowest BCUT2D eigenvalue weighted by Crippen LogP contribution is -1.70. The molecule has 0 unspecified atom stereocenters. The summed E-state index contributed by atoms with van der Waals surface area (Å²) in [6.45, 7) is 0. The van der Waals surface area contributed by atoms with E-state index in [9.17, 15) is 0 Å². The summed E-state index contributed by atoms with van der Waals surface area (Å²) in [7, 11) is 0. The quantitative estimate of drug-likeness (QED) is 0.501. The third-order valence-electron chi connectivity index (χ3n) is 0.694. The Labute approximate surface area is 81.5 Å². The number of benzene rings is 1. The molecule has 3 heteroatoms. The van der Waals surface area contributed by atoms with Gasteiger partial charge in [0.15, 0.2) is 0 Å². The highest BCUT2D eigenvalue weighted by molar-refractivity contribution is 14.1. The lowest BCUT2D eigenvalue weighted by Gasteiger charge is -1.93. The predicted molar refractivity (Wildman–Crippen MR) is 49.2 cm³/mol. The fraction of sp³-hybridized carbons (Fsp3) is 0. The SMILES string of the molecule is [2H]c1c([2H])c(I)c([2H])c(Cl)c1Cl. The van der Waals surface area contributed by atoms with Gasteiger partial charge in [-0.25, -0.2) is 0 Å². The Morgan fingerprint density at radius 1 is 1.33 bits per heavy atom. The Bertz CT molecular complexity index is 235. The van der Waals surface area contributed by atoms with Gasteiger partial charge in [-0.3, -0.25) is 0 Å². The maximum Gasteiger partial charge on any atom is 0.0650 e. The zero-order valence-corrected chi connectivity index (χ0v) is 7.80. The molecule has 9 heavy (non-hydrogen) atoms. The summed E-state index contributed by atoms with van der Waals surface area (Å²) in [6.07, 6.45) is 0. The van der Waals surface area contributed by atoms with Crippen molar-refractivity contribution in [3.8, 4) is 0 Å². The van der Waals surface area contributed by atoms with E-state index in [1.54, 1.807) is 22.6 Å². The molecule has 0 bridgehead atoms. The van der Waals surface area contributed by atoms with Gasteiger partial charge in [-0.15, -0.1) is 0 Å². The van der Waals surface area contributed by atoms with E-state index in [2.05, 4.69) is 0 Å². The summed E-state index contributed by atoms with van der Waals surface area (Å²) < 4.78 is 22.4. The van der Waals surface area contributed by atoms with Crippen LogP contribution in [-0.2, 0) is 0 Å². The molecule has 0 saturated heterocycles. The van der Waals surface area contributed by atoms with Crippen LogP contribution in [0.15, 0.2) is 18.1 Å². The summed E-state index contributed by atoms with van der Waals surface area (Å²) >= 11 is 13.0. The maximum atomic E-state index is 7.40. The van der Waals surface area contributed by atoms with Gasteiger partial charge in [0.1, 0.15) is 0 Å². The number of halogens is 3. The van der Waals surface area contributed by atoms with Crippen molar-refractivity contribution in [2.24, 2.45) is 0 Å². The van der Waals surface area contributed by atoms with Gasteiger partial charge in [0.2, 0.25) is 0 Å². The molecule has 0 spiro atoms.